The van der Waals surface area contributed by atoms with E-state index in [-0.39, 0.29) is 11.0 Å². The summed E-state index contributed by atoms with van der Waals surface area (Å²) in [5, 5.41) is -0.0346. The quantitative estimate of drug-likeness (QED) is 0.368. The van der Waals surface area contributed by atoms with E-state index < -0.39 is 50.3 Å². The summed E-state index contributed by atoms with van der Waals surface area (Å²) < 4.78 is 99.3. The molecule has 1 aliphatic rings. The lowest BCUT2D eigenvalue weighted by Crippen LogP contribution is -2.29. The van der Waals surface area contributed by atoms with Gasteiger partial charge in [-0.15, -0.1) is 0 Å². The third kappa shape index (κ3) is 5.38. The largest absolute Gasteiger partial charge is 0.417 e. The second-order valence-electron chi connectivity index (χ2n) is 10.4. The van der Waals surface area contributed by atoms with Crippen LogP contribution in [0.2, 0.25) is 0 Å². The highest BCUT2D eigenvalue weighted by atomic mass is 32.2. The van der Waals surface area contributed by atoms with Crippen molar-refractivity contribution in [2.75, 3.05) is 0 Å². The van der Waals surface area contributed by atoms with Crippen LogP contribution in [0, 0.1) is 17.0 Å². The first-order chi connectivity index (χ1) is 16.1. The lowest BCUT2D eigenvalue weighted by atomic mass is 9.95. The van der Waals surface area contributed by atoms with Gasteiger partial charge >= 0.3 is 6.18 Å². The molecule has 2 aromatic carbocycles. The first kappa shape index (κ1) is 25.6. The van der Waals surface area contributed by atoms with Gasteiger partial charge in [-0.2, -0.15) is 13.2 Å². The lowest BCUT2D eigenvalue weighted by Gasteiger charge is -2.20. The van der Waals surface area contributed by atoms with Crippen LogP contribution in [-0.2, 0) is 22.7 Å². The Morgan fingerprint density at radius 1 is 1.06 bits per heavy atom. The molecule has 1 saturated carbocycles. The highest BCUT2D eigenvalue weighted by molar-refractivity contribution is 7.90. The van der Waals surface area contributed by atoms with Crippen LogP contribution in [-0.4, -0.2) is 18.2 Å². The molecule has 4 nitrogen and oxygen atoms in total. The van der Waals surface area contributed by atoms with Crippen molar-refractivity contribution in [1.29, 1.82) is 0 Å². The highest BCUT2D eigenvalue weighted by Gasteiger charge is 2.37. The van der Waals surface area contributed by atoms with Crippen LogP contribution < -0.4 is 4.72 Å². The number of nitrogens with one attached hydrogen (secondary N) is 1. The second-order valence-corrected chi connectivity index (χ2v) is 12.4. The second kappa shape index (κ2) is 8.58. The maximum atomic E-state index is 15.3. The van der Waals surface area contributed by atoms with Gasteiger partial charge in [-0.25, -0.2) is 21.9 Å². The maximum absolute atomic E-state index is 15.3. The molecule has 1 N–H and O–H groups in total. The fourth-order valence-electron chi connectivity index (χ4n) is 4.30. The molecule has 1 aromatic heterocycles. The van der Waals surface area contributed by atoms with Gasteiger partial charge in [0.25, 0.3) is 0 Å². The van der Waals surface area contributed by atoms with Crippen molar-refractivity contribution >= 4 is 20.9 Å². The van der Waals surface area contributed by atoms with Crippen LogP contribution in [0.15, 0.2) is 36.5 Å². The normalized spacial score (nSPS) is 16.1. The predicted octanol–water partition coefficient (Wildman–Crippen LogP) is 6.79. The Morgan fingerprint density at radius 3 is 2.29 bits per heavy atom. The zero-order valence-electron chi connectivity index (χ0n) is 19.8. The van der Waals surface area contributed by atoms with Crippen molar-refractivity contribution in [3.63, 3.8) is 0 Å². The number of hydrogen-bond donors (Lipinski definition) is 1. The van der Waals surface area contributed by atoms with Crippen molar-refractivity contribution in [3.8, 4) is 11.1 Å². The Bertz CT molecular complexity index is 1380. The van der Waals surface area contributed by atoms with Gasteiger partial charge in [0.05, 0.1) is 10.8 Å². The van der Waals surface area contributed by atoms with Crippen molar-refractivity contribution in [1.82, 2.24) is 9.29 Å². The summed E-state index contributed by atoms with van der Waals surface area (Å²) in [7, 11) is -3.53. The van der Waals surface area contributed by atoms with E-state index in [1.54, 1.807) is 17.7 Å². The summed E-state index contributed by atoms with van der Waals surface area (Å²) in [6.45, 7) is 8.04. The van der Waals surface area contributed by atoms with Gasteiger partial charge in [0.15, 0.2) is 0 Å². The molecule has 35 heavy (non-hydrogen) atoms. The molecule has 10 heteroatoms. The number of benzene rings is 2. The predicted molar refractivity (Wildman–Crippen MR) is 125 cm³/mol. The number of aromatic nitrogens is 1. The van der Waals surface area contributed by atoms with E-state index in [2.05, 4.69) is 4.72 Å². The average Bonchev–Trinajstić information content (AvgIpc) is 3.51. The van der Waals surface area contributed by atoms with Crippen molar-refractivity contribution in [2.24, 2.45) is 5.41 Å². The van der Waals surface area contributed by atoms with Gasteiger partial charge in [-0.3, -0.25) is 0 Å². The molecular weight excluding hydrogens is 487 g/mol. The van der Waals surface area contributed by atoms with E-state index in [1.165, 1.54) is 6.07 Å². The monoisotopic (exact) mass is 514 g/mol. The average molecular weight is 515 g/mol. The van der Waals surface area contributed by atoms with Crippen LogP contribution in [0.5, 0.6) is 0 Å². The summed E-state index contributed by atoms with van der Waals surface area (Å²) in [5.74, 6) is -1.99. The van der Waals surface area contributed by atoms with Crippen molar-refractivity contribution in [2.45, 2.75) is 64.5 Å². The van der Waals surface area contributed by atoms with Crippen molar-refractivity contribution < 1.29 is 30.4 Å². The molecule has 1 aliphatic carbocycles. The molecular formula is C25H27F5N2O2S. The molecule has 0 radical (unpaired) electrons. The molecule has 0 spiro atoms. The zero-order valence-corrected chi connectivity index (χ0v) is 20.6. The minimum absolute atomic E-state index is 0.235. The standard InChI is InChI=1S/C25H27F5N2O2S/c1-14(31-35(33,34)16-6-7-16)20-12-32(13-24(2,3)4)23-11-18(22(27)10-19(20)23)17-8-5-15(26)9-21(17)25(28,29)30/h5,8-12,14,16,31H,6-7,13H2,1-4H3/t14-/m1/s1. The fourth-order valence-corrected chi connectivity index (χ4v) is 5.87. The molecule has 1 atom stereocenters. The van der Waals surface area contributed by atoms with Gasteiger partial charge in [-0.05, 0) is 60.6 Å². The Balaban J connectivity index is 1.90. The Labute approximate surface area is 201 Å². The molecule has 0 saturated heterocycles. The van der Waals surface area contributed by atoms with Gasteiger partial charge in [0.2, 0.25) is 10.0 Å². The van der Waals surface area contributed by atoms with Gasteiger partial charge in [-0.1, -0.05) is 26.8 Å². The van der Waals surface area contributed by atoms with Crippen LogP contribution in [0.1, 0.15) is 57.7 Å². The smallest absolute Gasteiger partial charge is 0.347 e. The lowest BCUT2D eigenvalue weighted by molar-refractivity contribution is -0.137. The number of hydrogen-bond acceptors (Lipinski definition) is 2. The minimum atomic E-state index is -4.88. The van der Waals surface area contributed by atoms with E-state index >= 15 is 4.39 Å². The highest BCUT2D eigenvalue weighted by Crippen LogP contribution is 2.41. The van der Waals surface area contributed by atoms with E-state index in [9.17, 15) is 26.0 Å². The van der Waals surface area contributed by atoms with E-state index in [0.29, 0.717) is 41.9 Å². The molecule has 0 aliphatic heterocycles. The third-order valence-corrected chi connectivity index (χ3v) is 8.02. The third-order valence-electron chi connectivity index (χ3n) is 5.99. The number of fused-ring (bicyclic) bond motifs is 1. The van der Waals surface area contributed by atoms with E-state index in [4.69, 9.17) is 0 Å². The number of sulfonamides is 1. The summed E-state index contributed by atoms with van der Waals surface area (Å²) in [6, 6.07) is 3.92. The molecule has 4 rings (SSSR count). The molecule has 190 valence electrons. The first-order valence-corrected chi connectivity index (χ1v) is 12.8. The number of halogens is 5. The SMILES string of the molecule is C[C@@H](NS(=O)(=O)C1CC1)c1cn(CC(C)(C)C)c2cc(-c3ccc(F)cc3C(F)(F)F)c(F)cc12. The van der Waals surface area contributed by atoms with E-state index in [1.807, 2.05) is 20.8 Å². The fraction of sp³-hybridized carbons (Fsp3) is 0.440. The van der Waals surface area contributed by atoms with Crippen LogP contribution in [0.3, 0.4) is 0 Å². The summed E-state index contributed by atoms with van der Waals surface area (Å²) in [5.41, 5.74) is -1.30. The Kier molecular flexibility index (Phi) is 6.29. The van der Waals surface area contributed by atoms with Gasteiger partial charge in [0.1, 0.15) is 11.6 Å². The van der Waals surface area contributed by atoms with E-state index in [0.717, 1.165) is 18.2 Å². The van der Waals surface area contributed by atoms with Crippen LogP contribution in [0.4, 0.5) is 22.0 Å². The summed E-state index contributed by atoms with van der Waals surface area (Å²) in [6.07, 6.45) is -1.99. The van der Waals surface area contributed by atoms with Crippen LogP contribution in [0.25, 0.3) is 22.0 Å². The topological polar surface area (TPSA) is 51.1 Å². The Hall–Kier alpha value is -2.46. The molecule has 1 heterocycles. The van der Waals surface area contributed by atoms with Gasteiger partial charge in [0, 0.05) is 35.2 Å². The van der Waals surface area contributed by atoms with Crippen molar-refractivity contribution in [3.05, 3.63) is 59.3 Å². The maximum Gasteiger partial charge on any atom is 0.417 e. The molecule has 0 unspecified atom stereocenters. The number of rotatable bonds is 6. The summed E-state index contributed by atoms with van der Waals surface area (Å²) >= 11 is 0. The molecule has 0 amide bonds. The minimum Gasteiger partial charge on any atom is -0.347 e. The number of nitrogens with zero attached hydrogens (tertiary/aromatic N) is 1. The molecule has 0 bridgehead atoms. The summed E-state index contributed by atoms with van der Waals surface area (Å²) in [4.78, 5) is 0. The Morgan fingerprint density at radius 2 is 1.71 bits per heavy atom. The van der Waals surface area contributed by atoms with Gasteiger partial charge < -0.3 is 4.57 Å². The molecule has 1 fully saturated rings. The first-order valence-electron chi connectivity index (χ1n) is 11.3. The van der Waals surface area contributed by atoms with Crippen LogP contribution >= 0.6 is 0 Å². The zero-order chi connectivity index (χ0) is 25.9. The molecule has 3 aromatic rings. The number of alkyl halides is 3.